The van der Waals surface area contributed by atoms with Gasteiger partial charge in [0.1, 0.15) is 17.7 Å². The molecule has 1 aliphatic heterocycles. The number of benzene rings is 2. The molecule has 9 nitrogen and oxygen atoms in total. The van der Waals surface area contributed by atoms with Crippen LogP contribution in [0.2, 0.25) is 0 Å². The van der Waals surface area contributed by atoms with Gasteiger partial charge in [-0.05, 0) is 86.3 Å². The predicted octanol–water partition coefficient (Wildman–Crippen LogP) is 7.06. The van der Waals surface area contributed by atoms with Crippen molar-refractivity contribution in [2.75, 3.05) is 13.7 Å². The van der Waals surface area contributed by atoms with Crippen LogP contribution in [0.25, 0.3) is 22.5 Å². The number of aromatic amines is 2. The average Bonchev–Trinajstić information content (AvgIpc) is 3.92. The number of likely N-dealkylation sites (tertiary alicyclic amines) is 1. The molecule has 0 unspecified atom stereocenters. The number of aromatic nitrogens is 4. The second-order valence-corrected chi connectivity index (χ2v) is 13.7. The summed E-state index contributed by atoms with van der Waals surface area (Å²) in [5.74, 6) is 9.06. The molecule has 2 aliphatic carbocycles. The molecule has 2 aromatic heterocycles. The maximum absolute atomic E-state index is 13.6. The topological polar surface area (TPSA) is 116 Å². The summed E-state index contributed by atoms with van der Waals surface area (Å²) >= 11 is 0. The highest BCUT2D eigenvalue weighted by Gasteiger charge is 2.38. The minimum Gasteiger partial charge on any atom is -0.453 e. The van der Waals surface area contributed by atoms with Gasteiger partial charge in [-0.3, -0.25) is 4.79 Å². The summed E-state index contributed by atoms with van der Waals surface area (Å²) in [6.07, 6.45) is 11.0. The quantitative estimate of drug-likeness (QED) is 0.195. The fourth-order valence-corrected chi connectivity index (χ4v) is 7.52. The Balaban J connectivity index is 1.07. The lowest BCUT2D eigenvalue weighted by molar-refractivity contribution is -0.135. The highest BCUT2D eigenvalue weighted by atomic mass is 16.5. The maximum atomic E-state index is 13.6. The Morgan fingerprint density at radius 2 is 1.71 bits per heavy atom. The summed E-state index contributed by atoms with van der Waals surface area (Å²) in [5.41, 5.74) is 8.59. The van der Waals surface area contributed by atoms with Gasteiger partial charge in [-0.2, -0.15) is 0 Å². The molecule has 0 bridgehead atoms. The van der Waals surface area contributed by atoms with Crippen LogP contribution in [0.5, 0.6) is 0 Å². The largest absolute Gasteiger partial charge is 0.453 e. The van der Waals surface area contributed by atoms with E-state index in [2.05, 4.69) is 74.6 Å². The lowest BCUT2D eigenvalue weighted by Crippen LogP contribution is -2.51. The molecule has 248 valence electrons. The van der Waals surface area contributed by atoms with Crippen molar-refractivity contribution >= 4 is 12.0 Å². The van der Waals surface area contributed by atoms with Crippen molar-refractivity contribution < 1.29 is 14.3 Å². The fraction of sp³-hybridized carbons (Fsp3) is 0.436. The van der Waals surface area contributed by atoms with Crippen LogP contribution in [0.1, 0.15) is 105 Å². The van der Waals surface area contributed by atoms with Crippen molar-refractivity contribution in [3.05, 3.63) is 82.7 Å². The molecule has 2 atom stereocenters. The standard InChI is InChI=1S/C39H44N6O3/c1-24(2)34(44-39(47)48-3)38(46)45-21-7-12-33(45)37-41-31-11-6-10-29-22-26(17-20-30(29)35(31)43-37)14-13-25-15-18-27(19-16-25)32-23-40-36(42-32)28-8-4-5-9-28/h15-20,22-24,28,33-34H,4-12,21H2,1-3H3,(H,40,42)(H,41,43)(H,44,47)/t33-,34-/m0/s1. The number of nitrogens with one attached hydrogen (secondary N) is 3. The van der Waals surface area contributed by atoms with Crippen molar-refractivity contribution in [3.8, 4) is 34.4 Å². The first kappa shape index (κ1) is 31.7. The smallest absolute Gasteiger partial charge is 0.407 e. The summed E-state index contributed by atoms with van der Waals surface area (Å²) in [7, 11) is 1.31. The average molecular weight is 645 g/mol. The van der Waals surface area contributed by atoms with Crippen LogP contribution in [0.4, 0.5) is 4.79 Å². The molecule has 3 aliphatic rings. The zero-order chi connectivity index (χ0) is 33.2. The van der Waals surface area contributed by atoms with Gasteiger partial charge in [-0.15, -0.1) is 0 Å². The normalized spacial score (nSPS) is 18.1. The number of H-pyrrole nitrogens is 2. The summed E-state index contributed by atoms with van der Waals surface area (Å²) < 4.78 is 4.78. The summed E-state index contributed by atoms with van der Waals surface area (Å²) in [5, 5.41) is 2.73. The van der Waals surface area contributed by atoms with Crippen LogP contribution in [-0.2, 0) is 22.4 Å². The van der Waals surface area contributed by atoms with Gasteiger partial charge in [0.2, 0.25) is 5.91 Å². The van der Waals surface area contributed by atoms with Crippen LogP contribution in [0.15, 0.2) is 48.7 Å². The van der Waals surface area contributed by atoms with Crippen molar-refractivity contribution in [1.82, 2.24) is 30.2 Å². The van der Waals surface area contributed by atoms with E-state index < -0.39 is 12.1 Å². The first-order valence-corrected chi connectivity index (χ1v) is 17.4. The van der Waals surface area contributed by atoms with E-state index >= 15 is 0 Å². The number of ether oxygens (including phenoxy) is 1. The minimum atomic E-state index is -0.658. The molecule has 4 aromatic rings. The maximum Gasteiger partial charge on any atom is 0.407 e. The molecule has 1 saturated heterocycles. The molecule has 2 fully saturated rings. The molecule has 0 radical (unpaired) electrons. The number of rotatable bonds is 6. The van der Waals surface area contributed by atoms with Crippen molar-refractivity contribution in [2.24, 2.45) is 5.92 Å². The lowest BCUT2D eigenvalue weighted by Gasteiger charge is -2.30. The van der Waals surface area contributed by atoms with E-state index in [9.17, 15) is 9.59 Å². The van der Waals surface area contributed by atoms with E-state index in [0.717, 1.165) is 83.1 Å². The predicted molar refractivity (Wildman–Crippen MR) is 185 cm³/mol. The first-order valence-electron chi connectivity index (χ1n) is 17.4. The Kier molecular flexibility index (Phi) is 9.07. The first-order chi connectivity index (χ1) is 23.4. The molecule has 48 heavy (non-hydrogen) atoms. The summed E-state index contributed by atoms with van der Waals surface area (Å²) in [6, 6.07) is 14.0. The molecule has 2 amide bonds. The SMILES string of the molecule is COC(=O)N[C@H](C(=O)N1CCC[C@H]1c1nc2c([nH]1)CCCc1cc(C#Cc3ccc(-c4cnc(C5CCCC5)[nH]4)cc3)ccc1-2)C(C)C. The van der Waals surface area contributed by atoms with Crippen LogP contribution in [0.3, 0.4) is 0 Å². The number of alkyl carbamates (subject to hydrolysis) is 1. The van der Waals surface area contributed by atoms with Gasteiger partial charge in [-0.25, -0.2) is 14.8 Å². The molecule has 7 rings (SSSR count). The van der Waals surface area contributed by atoms with E-state index in [0.29, 0.717) is 12.5 Å². The monoisotopic (exact) mass is 644 g/mol. The van der Waals surface area contributed by atoms with Crippen molar-refractivity contribution in [2.45, 2.75) is 89.6 Å². The molecule has 3 heterocycles. The molecule has 2 aromatic carbocycles. The second-order valence-electron chi connectivity index (χ2n) is 13.7. The van der Waals surface area contributed by atoms with E-state index in [1.54, 1.807) is 0 Å². The molecule has 0 spiro atoms. The van der Waals surface area contributed by atoms with E-state index in [1.807, 2.05) is 24.9 Å². The molecular weight excluding hydrogens is 600 g/mol. The highest BCUT2D eigenvalue weighted by molar-refractivity contribution is 5.86. The van der Waals surface area contributed by atoms with Gasteiger partial charge >= 0.3 is 6.09 Å². The third kappa shape index (κ3) is 6.49. The number of hydrogen-bond acceptors (Lipinski definition) is 5. The zero-order valence-corrected chi connectivity index (χ0v) is 28.1. The number of hydrogen-bond donors (Lipinski definition) is 3. The number of carbonyl (C=O) groups excluding carboxylic acids is 2. The van der Waals surface area contributed by atoms with Gasteiger partial charge in [-0.1, -0.05) is 56.7 Å². The number of amides is 2. The number of imidazole rings is 2. The number of carbonyl (C=O) groups is 2. The number of nitrogens with zero attached hydrogens (tertiary/aromatic N) is 3. The Morgan fingerprint density at radius 1 is 0.938 bits per heavy atom. The van der Waals surface area contributed by atoms with Crippen molar-refractivity contribution in [1.29, 1.82) is 0 Å². The van der Waals surface area contributed by atoms with E-state index in [1.165, 1.54) is 38.4 Å². The number of fused-ring (bicyclic) bond motifs is 3. The highest BCUT2D eigenvalue weighted by Crippen LogP contribution is 2.37. The number of aryl methyl sites for hydroxylation is 2. The fourth-order valence-electron chi connectivity index (χ4n) is 7.52. The Labute approximate surface area is 282 Å². The third-order valence-corrected chi connectivity index (χ3v) is 10.2. The van der Waals surface area contributed by atoms with Gasteiger partial charge in [0, 0.05) is 34.8 Å². The van der Waals surface area contributed by atoms with Gasteiger partial charge < -0.3 is 24.9 Å². The Bertz CT molecular complexity index is 1850. The summed E-state index contributed by atoms with van der Waals surface area (Å²) in [6.45, 7) is 4.49. The minimum absolute atomic E-state index is 0.0776. The van der Waals surface area contributed by atoms with Crippen molar-refractivity contribution in [3.63, 3.8) is 0 Å². The number of methoxy groups -OCH3 is 1. The second kappa shape index (κ2) is 13.7. The van der Waals surface area contributed by atoms with Gasteiger partial charge in [0.25, 0.3) is 0 Å². The van der Waals surface area contributed by atoms with E-state index in [4.69, 9.17) is 9.72 Å². The molecule has 3 N–H and O–H groups in total. The van der Waals surface area contributed by atoms with Gasteiger partial charge in [0.15, 0.2) is 0 Å². The summed E-state index contributed by atoms with van der Waals surface area (Å²) in [4.78, 5) is 44.4. The Morgan fingerprint density at radius 3 is 2.48 bits per heavy atom. The molecular formula is C39H44N6O3. The zero-order valence-electron chi connectivity index (χ0n) is 28.1. The van der Waals surface area contributed by atoms with Crippen LogP contribution in [-0.4, -0.2) is 56.5 Å². The van der Waals surface area contributed by atoms with Crippen LogP contribution in [0, 0.1) is 17.8 Å². The third-order valence-electron chi connectivity index (χ3n) is 10.2. The molecule has 1 saturated carbocycles. The van der Waals surface area contributed by atoms with E-state index in [-0.39, 0.29) is 17.9 Å². The lowest BCUT2D eigenvalue weighted by atomic mass is 9.99. The Hall–Kier alpha value is -4.84. The van der Waals surface area contributed by atoms with Crippen LogP contribution >= 0.6 is 0 Å². The molecule has 9 heteroatoms. The van der Waals surface area contributed by atoms with Gasteiger partial charge in [0.05, 0.1) is 30.7 Å². The van der Waals surface area contributed by atoms with Crippen LogP contribution < -0.4 is 5.32 Å².